The van der Waals surface area contributed by atoms with Crippen molar-refractivity contribution in [1.82, 2.24) is 10.2 Å². The summed E-state index contributed by atoms with van der Waals surface area (Å²) in [6.07, 6.45) is 4.21. The first-order valence-corrected chi connectivity index (χ1v) is 6.89. The SMILES string of the molecule is Cc1c(Cl)nnc(N2CCCC2CCCO)c1C. The van der Waals surface area contributed by atoms with Crippen LogP contribution in [0, 0.1) is 13.8 Å². The summed E-state index contributed by atoms with van der Waals surface area (Å²) in [6, 6.07) is 0.478. The van der Waals surface area contributed by atoms with Crippen molar-refractivity contribution in [2.75, 3.05) is 18.1 Å². The van der Waals surface area contributed by atoms with Gasteiger partial charge < -0.3 is 10.0 Å². The number of hydrogen-bond donors (Lipinski definition) is 1. The molecule has 5 heteroatoms. The molecule has 0 spiro atoms. The van der Waals surface area contributed by atoms with Crippen LogP contribution in [0.3, 0.4) is 0 Å². The van der Waals surface area contributed by atoms with Gasteiger partial charge in [-0.25, -0.2) is 0 Å². The van der Waals surface area contributed by atoms with Gasteiger partial charge in [0.2, 0.25) is 0 Å². The number of halogens is 1. The van der Waals surface area contributed by atoms with E-state index >= 15 is 0 Å². The van der Waals surface area contributed by atoms with Gasteiger partial charge in [0.05, 0.1) is 0 Å². The zero-order valence-electron chi connectivity index (χ0n) is 11.0. The maximum atomic E-state index is 8.95. The van der Waals surface area contributed by atoms with Crippen LogP contribution in [-0.4, -0.2) is 34.5 Å². The van der Waals surface area contributed by atoms with Gasteiger partial charge in [-0.2, -0.15) is 0 Å². The van der Waals surface area contributed by atoms with E-state index in [1.54, 1.807) is 0 Å². The molecule has 1 N–H and O–H groups in total. The standard InChI is InChI=1S/C13H20ClN3O/c1-9-10(2)13(16-15-12(9)14)17-7-3-5-11(17)6-4-8-18/h11,18H,3-8H2,1-2H3. The zero-order valence-corrected chi connectivity index (χ0v) is 11.7. The molecule has 1 fully saturated rings. The van der Waals surface area contributed by atoms with Crippen molar-refractivity contribution in [3.8, 4) is 0 Å². The van der Waals surface area contributed by atoms with Crippen LogP contribution in [0.2, 0.25) is 5.15 Å². The predicted molar refractivity (Wildman–Crippen MR) is 73.2 cm³/mol. The third-order valence-corrected chi connectivity index (χ3v) is 4.14. The van der Waals surface area contributed by atoms with Crippen LogP contribution in [-0.2, 0) is 0 Å². The summed E-state index contributed by atoms with van der Waals surface area (Å²) in [5.74, 6) is 0.956. The van der Waals surface area contributed by atoms with Crippen LogP contribution in [0.5, 0.6) is 0 Å². The zero-order chi connectivity index (χ0) is 13.1. The smallest absolute Gasteiger partial charge is 0.155 e. The Labute approximate surface area is 113 Å². The van der Waals surface area contributed by atoms with Gasteiger partial charge in [-0.1, -0.05) is 11.6 Å². The summed E-state index contributed by atoms with van der Waals surface area (Å²) >= 11 is 5.99. The summed E-state index contributed by atoms with van der Waals surface area (Å²) in [5, 5.41) is 17.7. The number of nitrogens with zero attached hydrogens (tertiary/aromatic N) is 3. The van der Waals surface area contributed by atoms with Crippen molar-refractivity contribution in [3.63, 3.8) is 0 Å². The molecule has 1 aromatic heterocycles. The van der Waals surface area contributed by atoms with E-state index in [-0.39, 0.29) is 6.61 Å². The molecule has 100 valence electrons. The highest BCUT2D eigenvalue weighted by molar-refractivity contribution is 6.30. The highest BCUT2D eigenvalue weighted by Gasteiger charge is 2.27. The molecule has 0 aromatic carbocycles. The van der Waals surface area contributed by atoms with E-state index in [0.717, 1.165) is 36.3 Å². The Kier molecular flexibility index (Phi) is 4.40. The molecule has 0 saturated carbocycles. The van der Waals surface area contributed by atoms with Crippen LogP contribution >= 0.6 is 11.6 Å². The molecule has 1 atom stereocenters. The Balaban J connectivity index is 2.22. The number of hydrogen-bond acceptors (Lipinski definition) is 4. The summed E-state index contributed by atoms with van der Waals surface area (Å²) < 4.78 is 0. The average Bonchev–Trinajstić information content (AvgIpc) is 2.82. The van der Waals surface area contributed by atoms with Gasteiger partial charge in [0, 0.05) is 19.2 Å². The number of rotatable bonds is 4. The third-order valence-electron chi connectivity index (χ3n) is 3.78. The molecular formula is C13H20ClN3O. The monoisotopic (exact) mass is 269 g/mol. The fourth-order valence-electron chi connectivity index (χ4n) is 2.58. The van der Waals surface area contributed by atoms with Gasteiger partial charge in [-0.15, -0.1) is 10.2 Å². The van der Waals surface area contributed by atoms with Crippen molar-refractivity contribution in [2.45, 2.75) is 45.6 Å². The number of anilines is 1. The number of aliphatic hydroxyl groups is 1. The second-order valence-electron chi connectivity index (χ2n) is 4.92. The molecule has 1 saturated heterocycles. The van der Waals surface area contributed by atoms with Gasteiger partial charge in [0.25, 0.3) is 0 Å². The van der Waals surface area contributed by atoms with Gasteiger partial charge in [-0.05, 0) is 50.7 Å². The van der Waals surface area contributed by atoms with Crippen LogP contribution in [0.15, 0.2) is 0 Å². The average molecular weight is 270 g/mol. The molecule has 0 aliphatic carbocycles. The minimum absolute atomic E-state index is 0.259. The third kappa shape index (κ3) is 2.59. The van der Waals surface area contributed by atoms with Gasteiger partial charge >= 0.3 is 0 Å². The maximum Gasteiger partial charge on any atom is 0.155 e. The van der Waals surface area contributed by atoms with Crippen LogP contribution < -0.4 is 4.90 Å². The van der Waals surface area contributed by atoms with E-state index in [4.69, 9.17) is 16.7 Å². The fourth-order valence-corrected chi connectivity index (χ4v) is 2.76. The van der Waals surface area contributed by atoms with Gasteiger partial charge in [0.1, 0.15) is 0 Å². The van der Waals surface area contributed by atoms with E-state index in [2.05, 4.69) is 15.1 Å². The molecule has 1 aliphatic heterocycles. The molecule has 0 bridgehead atoms. The molecule has 1 aliphatic rings. The normalized spacial score (nSPS) is 19.6. The Morgan fingerprint density at radius 2 is 2.11 bits per heavy atom. The molecule has 2 heterocycles. The summed E-state index contributed by atoms with van der Waals surface area (Å²) in [4.78, 5) is 2.32. The second-order valence-corrected chi connectivity index (χ2v) is 5.28. The lowest BCUT2D eigenvalue weighted by molar-refractivity contribution is 0.279. The topological polar surface area (TPSA) is 49.2 Å². The van der Waals surface area contributed by atoms with Crippen LogP contribution in [0.4, 0.5) is 5.82 Å². The summed E-state index contributed by atoms with van der Waals surface area (Å²) in [6.45, 7) is 5.31. The Morgan fingerprint density at radius 1 is 1.33 bits per heavy atom. The van der Waals surface area contributed by atoms with E-state index < -0.39 is 0 Å². The largest absolute Gasteiger partial charge is 0.396 e. The quantitative estimate of drug-likeness (QED) is 0.912. The molecule has 1 aromatic rings. The lowest BCUT2D eigenvalue weighted by Crippen LogP contribution is -2.31. The molecule has 1 unspecified atom stereocenters. The van der Waals surface area contributed by atoms with Crippen molar-refractivity contribution >= 4 is 17.4 Å². The molecule has 0 radical (unpaired) electrons. The molecule has 4 nitrogen and oxygen atoms in total. The van der Waals surface area contributed by atoms with Crippen molar-refractivity contribution < 1.29 is 5.11 Å². The lowest BCUT2D eigenvalue weighted by Gasteiger charge is -2.27. The summed E-state index contributed by atoms with van der Waals surface area (Å²) in [7, 11) is 0. The van der Waals surface area contributed by atoms with Gasteiger partial charge in [-0.3, -0.25) is 0 Å². The van der Waals surface area contributed by atoms with Crippen LogP contribution in [0.1, 0.15) is 36.8 Å². The molecule has 0 amide bonds. The second kappa shape index (κ2) is 5.85. The lowest BCUT2D eigenvalue weighted by atomic mass is 10.1. The fraction of sp³-hybridized carbons (Fsp3) is 0.692. The van der Waals surface area contributed by atoms with Crippen molar-refractivity contribution in [3.05, 3.63) is 16.3 Å². The predicted octanol–water partition coefficient (Wildman–Crippen LogP) is 2.49. The molecule has 18 heavy (non-hydrogen) atoms. The highest BCUT2D eigenvalue weighted by Crippen LogP contribution is 2.31. The highest BCUT2D eigenvalue weighted by atomic mass is 35.5. The Hall–Kier alpha value is -0.870. The first-order valence-electron chi connectivity index (χ1n) is 6.52. The molecular weight excluding hydrogens is 250 g/mol. The van der Waals surface area contributed by atoms with Gasteiger partial charge in [0.15, 0.2) is 11.0 Å². The minimum atomic E-state index is 0.259. The first-order chi connectivity index (χ1) is 8.65. The number of aliphatic hydroxyl groups excluding tert-OH is 1. The van der Waals surface area contributed by atoms with E-state index in [1.807, 2.05) is 13.8 Å². The van der Waals surface area contributed by atoms with E-state index in [0.29, 0.717) is 11.2 Å². The maximum absolute atomic E-state index is 8.95. The summed E-state index contributed by atoms with van der Waals surface area (Å²) in [5.41, 5.74) is 2.13. The van der Waals surface area contributed by atoms with Crippen molar-refractivity contribution in [1.29, 1.82) is 0 Å². The minimum Gasteiger partial charge on any atom is -0.396 e. The van der Waals surface area contributed by atoms with Crippen LogP contribution in [0.25, 0.3) is 0 Å². The van der Waals surface area contributed by atoms with Crippen molar-refractivity contribution in [2.24, 2.45) is 0 Å². The van der Waals surface area contributed by atoms with E-state index in [1.165, 1.54) is 12.8 Å². The Bertz CT molecular complexity index is 425. The Morgan fingerprint density at radius 3 is 2.83 bits per heavy atom. The van der Waals surface area contributed by atoms with E-state index in [9.17, 15) is 0 Å². The number of aromatic nitrogens is 2. The molecule has 2 rings (SSSR count). The first kappa shape index (κ1) is 13.6.